The van der Waals surface area contributed by atoms with E-state index in [1.807, 2.05) is 7.05 Å². The SMILES string of the molecule is COc1ccnc(NC2CCN(C)C(=O)C2)n1. The monoisotopic (exact) mass is 236 g/mol. The van der Waals surface area contributed by atoms with Crippen molar-refractivity contribution in [1.82, 2.24) is 14.9 Å². The highest BCUT2D eigenvalue weighted by Crippen LogP contribution is 2.15. The summed E-state index contributed by atoms with van der Waals surface area (Å²) < 4.78 is 5.02. The summed E-state index contributed by atoms with van der Waals surface area (Å²) in [4.78, 5) is 21.5. The molecule has 0 bridgehead atoms. The zero-order chi connectivity index (χ0) is 12.3. The molecule has 1 aliphatic rings. The zero-order valence-electron chi connectivity index (χ0n) is 10.0. The fourth-order valence-corrected chi connectivity index (χ4v) is 1.77. The van der Waals surface area contributed by atoms with Gasteiger partial charge in [0.25, 0.3) is 0 Å². The van der Waals surface area contributed by atoms with Gasteiger partial charge in [0.2, 0.25) is 17.7 Å². The van der Waals surface area contributed by atoms with Gasteiger partial charge in [-0.1, -0.05) is 0 Å². The van der Waals surface area contributed by atoms with Crippen molar-refractivity contribution >= 4 is 11.9 Å². The smallest absolute Gasteiger partial charge is 0.226 e. The first kappa shape index (κ1) is 11.6. The summed E-state index contributed by atoms with van der Waals surface area (Å²) in [7, 11) is 3.38. The molecule has 92 valence electrons. The first-order valence-corrected chi connectivity index (χ1v) is 5.56. The molecule has 1 fully saturated rings. The first-order chi connectivity index (χ1) is 8.19. The highest BCUT2D eigenvalue weighted by atomic mass is 16.5. The van der Waals surface area contributed by atoms with Crippen molar-refractivity contribution in [2.24, 2.45) is 0 Å². The molecule has 1 saturated heterocycles. The maximum Gasteiger partial charge on any atom is 0.226 e. The highest BCUT2D eigenvalue weighted by Gasteiger charge is 2.23. The highest BCUT2D eigenvalue weighted by molar-refractivity contribution is 5.77. The third-order valence-corrected chi connectivity index (χ3v) is 2.83. The predicted molar refractivity (Wildman–Crippen MR) is 62.9 cm³/mol. The van der Waals surface area contributed by atoms with Crippen LogP contribution in [0.15, 0.2) is 12.3 Å². The molecule has 1 aromatic rings. The second-order valence-electron chi connectivity index (χ2n) is 4.07. The van der Waals surface area contributed by atoms with Gasteiger partial charge < -0.3 is 15.0 Å². The summed E-state index contributed by atoms with van der Waals surface area (Å²) in [6, 6.07) is 1.79. The average molecular weight is 236 g/mol. The number of hydrogen-bond donors (Lipinski definition) is 1. The van der Waals surface area contributed by atoms with Crippen LogP contribution in [0, 0.1) is 0 Å². The number of likely N-dealkylation sites (tertiary alicyclic amines) is 1. The summed E-state index contributed by atoms with van der Waals surface area (Å²) in [5.74, 6) is 1.17. The second kappa shape index (κ2) is 4.99. The number of carbonyl (C=O) groups is 1. The molecular formula is C11H16N4O2. The van der Waals surface area contributed by atoms with Crippen molar-refractivity contribution in [2.45, 2.75) is 18.9 Å². The number of rotatable bonds is 3. The van der Waals surface area contributed by atoms with Gasteiger partial charge in [-0.3, -0.25) is 4.79 Å². The molecule has 1 amide bonds. The van der Waals surface area contributed by atoms with E-state index < -0.39 is 0 Å². The number of nitrogens with zero attached hydrogens (tertiary/aromatic N) is 3. The molecule has 0 spiro atoms. The number of hydrogen-bond acceptors (Lipinski definition) is 5. The van der Waals surface area contributed by atoms with Gasteiger partial charge in [-0.15, -0.1) is 0 Å². The molecule has 17 heavy (non-hydrogen) atoms. The molecule has 1 unspecified atom stereocenters. The lowest BCUT2D eigenvalue weighted by Crippen LogP contribution is -2.41. The molecule has 1 aliphatic heterocycles. The van der Waals surface area contributed by atoms with Crippen molar-refractivity contribution in [2.75, 3.05) is 26.0 Å². The lowest BCUT2D eigenvalue weighted by Gasteiger charge is -2.29. The lowest BCUT2D eigenvalue weighted by molar-refractivity contribution is -0.132. The molecule has 2 heterocycles. The fourth-order valence-electron chi connectivity index (χ4n) is 1.77. The van der Waals surface area contributed by atoms with Gasteiger partial charge in [-0.05, 0) is 6.42 Å². The fraction of sp³-hybridized carbons (Fsp3) is 0.545. The van der Waals surface area contributed by atoms with E-state index in [0.29, 0.717) is 18.2 Å². The van der Waals surface area contributed by atoms with Crippen LogP contribution in [0.25, 0.3) is 0 Å². The van der Waals surface area contributed by atoms with Crippen LogP contribution in [-0.2, 0) is 4.79 Å². The first-order valence-electron chi connectivity index (χ1n) is 5.56. The minimum absolute atomic E-state index is 0.103. The van der Waals surface area contributed by atoms with E-state index in [2.05, 4.69) is 15.3 Å². The number of nitrogens with one attached hydrogen (secondary N) is 1. The second-order valence-corrected chi connectivity index (χ2v) is 4.07. The number of amides is 1. The molecule has 6 heteroatoms. The Morgan fingerprint density at radius 1 is 1.59 bits per heavy atom. The summed E-state index contributed by atoms with van der Waals surface area (Å²) in [5.41, 5.74) is 0. The zero-order valence-corrected chi connectivity index (χ0v) is 10.0. The van der Waals surface area contributed by atoms with Crippen LogP contribution >= 0.6 is 0 Å². The van der Waals surface area contributed by atoms with Gasteiger partial charge in [0.15, 0.2) is 0 Å². The van der Waals surface area contributed by atoms with Crippen molar-refractivity contribution in [3.8, 4) is 5.88 Å². The number of ether oxygens (including phenoxy) is 1. The Labute approximate surface area is 100 Å². The van der Waals surface area contributed by atoms with E-state index in [4.69, 9.17) is 4.74 Å². The van der Waals surface area contributed by atoms with E-state index in [1.54, 1.807) is 24.3 Å². The summed E-state index contributed by atoms with van der Waals surface area (Å²) >= 11 is 0. The molecule has 1 N–H and O–H groups in total. The van der Waals surface area contributed by atoms with Crippen LogP contribution < -0.4 is 10.1 Å². The van der Waals surface area contributed by atoms with Crippen molar-refractivity contribution < 1.29 is 9.53 Å². The summed E-state index contributed by atoms with van der Waals surface area (Å²) in [5, 5.41) is 3.16. The Balaban J connectivity index is 1.98. The predicted octanol–water partition coefficient (Wildman–Crippen LogP) is 0.518. The Morgan fingerprint density at radius 3 is 3.12 bits per heavy atom. The van der Waals surface area contributed by atoms with Gasteiger partial charge in [0, 0.05) is 38.3 Å². The van der Waals surface area contributed by atoms with Gasteiger partial charge in [-0.2, -0.15) is 4.98 Å². The number of carbonyl (C=O) groups excluding carboxylic acids is 1. The van der Waals surface area contributed by atoms with Gasteiger partial charge in [-0.25, -0.2) is 4.98 Å². The van der Waals surface area contributed by atoms with Crippen LogP contribution in [0.5, 0.6) is 5.88 Å². The minimum atomic E-state index is 0.103. The maximum atomic E-state index is 11.5. The van der Waals surface area contributed by atoms with Crippen LogP contribution in [0.1, 0.15) is 12.8 Å². The lowest BCUT2D eigenvalue weighted by atomic mass is 10.1. The van der Waals surface area contributed by atoms with Crippen LogP contribution in [0.3, 0.4) is 0 Å². The maximum absolute atomic E-state index is 11.5. The van der Waals surface area contributed by atoms with Crippen LogP contribution in [-0.4, -0.2) is 47.5 Å². The molecule has 1 aromatic heterocycles. The molecular weight excluding hydrogens is 220 g/mol. The van der Waals surface area contributed by atoms with Gasteiger partial charge >= 0.3 is 0 Å². The molecule has 1 atom stereocenters. The van der Waals surface area contributed by atoms with E-state index in [1.165, 1.54) is 0 Å². The molecule has 0 saturated carbocycles. The third kappa shape index (κ3) is 2.83. The van der Waals surface area contributed by atoms with E-state index in [-0.39, 0.29) is 11.9 Å². The molecule has 2 rings (SSSR count). The minimum Gasteiger partial charge on any atom is -0.481 e. The topological polar surface area (TPSA) is 67.3 Å². The number of aromatic nitrogens is 2. The Kier molecular flexibility index (Phi) is 3.41. The average Bonchev–Trinajstić information content (AvgIpc) is 2.34. The standard InChI is InChI=1S/C11H16N4O2/c1-15-6-4-8(7-10(15)16)13-11-12-5-3-9(14-11)17-2/h3,5,8H,4,6-7H2,1-2H3,(H,12,13,14). The van der Waals surface area contributed by atoms with Crippen molar-refractivity contribution in [1.29, 1.82) is 0 Å². The van der Waals surface area contributed by atoms with Crippen LogP contribution in [0.2, 0.25) is 0 Å². The Morgan fingerprint density at radius 2 is 2.41 bits per heavy atom. The van der Waals surface area contributed by atoms with Crippen LogP contribution in [0.4, 0.5) is 5.95 Å². The van der Waals surface area contributed by atoms with Gasteiger partial charge in [0.05, 0.1) is 7.11 Å². The normalized spacial score (nSPS) is 20.2. The van der Waals surface area contributed by atoms with Gasteiger partial charge in [0.1, 0.15) is 0 Å². The Bertz CT molecular complexity index is 410. The number of piperidine rings is 1. The molecule has 0 radical (unpaired) electrons. The Hall–Kier alpha value is -1.85. The van der Waals surface area contributed by atoms with E-state index in [0.717, 1.165) is 13.0 Å². The molecule has 0 aliphatic carbocycles. The van der Waals surface area contributed by atoms with E-state index in [9.17, 15) is 4.79 Å². The quantitative estimate of drug-likeness (QED) is 0.828. The van der Waals surface area contributed by atoms with E-state index >= 15 is 0 Å². The number of anilines is 1. The molecule has 0 aromatic carbocycles. The summed E-state index contributed by atoms with van der Waals surface area (Å²) in [6.45, 7) is 0.764. The largest absolute Gasteiger partial charge is 0.481 e. The summed E-state index contributed by atoms with van der Waals surface area (Å²) in [6.07, 6.45) is 3.02. The van der Waals surface area contributed by atoms with Crippen molar-refractivity contribution in [3.05, 3.63) is 12.3 Å². The number of methoxy groups -OCH3 is 1. The van der Waals surface area contributed by atoms with Crippen molar-refractivity contribution in [3.63, 3.8) is 0 Å². The molecule has 6 nitrogen and oxygen atoms in total. The third-order valence-electron chi connectivity index (χ3n) is 2.83.